The van der Waals surface area contributed by atoms with Gasteiger partial charge in [0.15, 0.2) is 5.75 Å². The summed E-state index contributed by atoms with van der Waals surface area (Å²) in [6.07, 6.45) is 0. The maximum absolute atomic E-state index is 10.7. The van der Waals surface area contributed by atoms with Crippen LogP contribution in [0.4, 0.5) is 5.69 Å². The topological polar surface area (TPSA) is 111 Å². The maximum atomic E-state index is 10.7. The highest BCUT2D eigenvalue weighted by Gasteiger charge is 2.15. The molecule has 0 bridgehead atoms. The van der Waals surface area contributed by atoms with Gasteiger partial charge in [-0.25, -0.2) is 0 Å². The average molecular weight is 225 g/mol. The van der Waals surface area contributed by atoms with Crippen molar-refractivity contribution >= 4 is 11.5 Å². The van der Waals surface area contributed by atoms with Crippen LogP contribution in [0.1, 0.15) is 0 Å². The molecule has 0 saturated carbocycles. The number of nitro benzene ring substituents is 1. The van der Waals surface area contributed by atoms with Crippen molar-refractivity contribution in [2.45, 2.75) is 0 Å². The second-order valence-corrected chi connectivity index (χ2v) is 2.90. The van der Waals surface area contributed by atoms with E-state index in [-0.39, 0.29) is 29.6 Å². The molecule has 0 aliphatic carbocycles. The van der Waals surface area contributed by atoms with Crippen molar-refractivity contribution in [3.8, 4) is 11.5 Å². The molecule has 0 aromatic heterocycles. The van der Waals surface area contributed by atoms with Crippen molar-refractivity contribution in [1.82, 2.24) is 0 Å². The predicted molar refractivity (Wildman–Crippen MR) is 57.1 cm³/mol. The van der Waals surface area contributed by atoms with Crippen LogP contribution in [0.25, 0.3) is 0 Å². The number of hydrogen-bond donors (Lipinski definition) is 2. The van der Waals surface area contributed by atoms with Gasteiger partial charge in [-0.2, -0.15) is 0 Å². The summed E-state index contributed by atoms with van der Waals surface area (Å²) in [4.78, 5) is 10.1. The zero-order valence-corrected chi connectivity index (χ0v) is 8.60. The van der Waals surface area contributed by atoms with Crippen molar-refractivity contribution in [2.75, 3.05) is 13.7 Å². The van der Waals surface area contributed by atoms with Gasteiger partial charge in [0, 0.05) is 0 Å². The van der Waals surface area contributed by atoms with Gasteiger partial charge < -0.3 is 15.2 Å². The van der Waals surface area contributed by atoms with E-state index in [4.69, 9.17) is 20.6 Å². The quantitative estimate of drug-likeness (QED) is 0.335. The first kappa shape index (κ1) is 11.8. The Morgan fingerprint density at radius 2 is 2.31 bits per heavy atom. The summed E-state index contributed by atoms with van der Waals surface area (Å²) in [7, 11) is 1.35. The van der Waals surface area contributed by atoms with Crippen LogP contribution in [0.2, 0.25) is 0 Å². The van der Waals surface area contributed by atoms with Crippen LogP contribution in [0.15, 0.2) is 18.2 Å². The molecule has 0 saturated heterocycles. The van der Waals surface area contributed by atoms with Gasteiger partial charge in [-0.05, 0) is 12.1 Å². The average Bonchev–Trinajstić information content (AvgIpc) is 2.25. The van der Waals surface area contributed by atoms with Crippen molar-refractivity contribution in [3.05, 3.63) is 28.3 Å². The van der Waals surface area contributed by atoms with Gasteiger partial charge in [-0.1, -0.05) is 0 Å². The lowest BCUT2D eigenvalue weighted by Crippen LogP contribution is -2.19. The minimum Gasteiger partial charge on any atom is -0.490 e. The second kappa shape index (κ2) is 4.96. The number of nitrogens with one attached hydrogen (secondary N) is 1. The molecule has 0 atom stereocenters. The lowest BCUT2D eigenvalue weighted by atomic mass is 10.3. The Hall–Kier alpha value is -2.31. The Labute approximate surface area is 91.4 Å². The zero-order valence-electron chi connectivity index (χ0n) is 8.60. The number of nitrogens with zero attached hydrogens (tertiary/aromatic N) is 1. The number of nitro groups is 1. The first-order chi connectivity index (χ1) is 7.54. The highest BCUT2D eigenvalue weighted by atomic mass is 16.6. The van der Waals surface area contributed by atoms with Crippen LogP contribution in [-0.2, 0) is 0 Å². The molecule has 0 radical (unpaired) electrons. The monoisotopic (exact) mass is 225 g/mol. The van der Waals surface area contributed by atoms with Crippen LogP contribution in [0.5, 0.6) is 11.5 Å². The predicted octanol–water partition coefficient (Wildman–Crippen LogP) is 0.918. The fourth-order valence-electron chi connectivity index (χ4n) is 1.06. The highest BCUT2D eigenvalue weighted by molar-refractivity contribution is 5.78. The second-order valence-electron chi connectivity index (χ2n) is 2.90. The number of rotatable bonds is 5. The molecule has 1 aromatic carbocycles. The fraction of sp³-hybridized carbons (Fsp3) is 0.222. The molecule has 0 heterocycles. The number of amidine groups is 1. The molecule has 0 spiro atoms. The van der Waals surface area contributed by atoms with E-state index < -0.39 is 4.92 Å². The first-order valence-corrected chi connectivity index (χ1v) is 4.32. The third-order valence-corrected chi connectivity index (χ3v) is 1.74. The Morgan fingerprint density at radius 3 is 2.81 bits per heavy atom. The minimum atomic E-state index is -0.570. The summed E-state index contributed by atoms with van der Waals surface area (Å²) in [6, 6.07) is 4.16. The van der Waals surface area contributed by atoms with Crippen LogP contribution in [0.3, 0.4) is 0 Å². The van der Waals surface area contributed by atoms with E-state index >= 15 is 0 Å². The van der Waals surface area contributed by atoms with E-state index in [1.165, 1.54) is 25.3 Å². The summed E-state index contributed by atoms with van der Waals surface area (Å²) in [5, 5.41) is 17.6. The number of hydrogen-bond acceptors (Lipinski definition) is 5. The Balaban J connectivity index is 2.93. The zero-order chi connectivity index (χ0) is 12.1. The van der Waals surface area contributed by atoms with Gasteiger partial charge in [-0.15, -0.1) is 0 Å². The van der Waals surface area contributed by atoms with E-state index in [0.29, 0.717) is 0 Å². The van der Waals surface area contributed by atoms with E-state index in [9.17, 15) is 10.1 Å². The summed E-state index contributed by atoms with van der Waals surface area (Å²) in [6.45, 7) is -0.108. The lowest BCUT2D eigenvalue weighted by molar-refractivity contribution is -0.385. The lowest BCUT2D eigenvalue weighted by Gasteiger charge is -2.06. The summed E-state index contributed by atoms with van der Waals surface area (Å²) >= 11 is 0. The molecular formula is C9H11N3O4. The van der Waals surface area contributed by atoms with Crippen molar-refractivity contribution in [2.24, 2.45) is 5.73 Å². The molecule has 0 aliphatic rings. The highest BCUT2D eigenvalue weighted by Crippen LogP contribution is 2.30. The Morgan fingerprint density at radius 1 is 1.62 bits per heavy atom. The summed E-state index contributed by atoms with van der Waals surface area (Å²) in [5.41, 5.74) is 4.90. The molecular weight excluding hydrogens is 214 g/mol. The van der Waals surface area contributed by atoms with E-state index in [1.807, 2.05) is 0 Å². The molecule has 7 nitrogen and oxygen atoms in total. The maximum Gasteiger partial charge on any atom is 0.314 e. The molecule has 3 N–H and O–H groups in total. The molecule has 7 heteroatoms. The standard InChI is InChI=1S/C9H11N3O4/c1-15-8-3-2-6(16-5-9(10)11)4-7(8)12(13)14/h2-4H,5H2,1H3,(H3,10,11). The van der Waals surface area contributed by atoms with Gasteiger partial charge >= 0.3 is 5.69 Å². The normalized spacial score (nSPS) is 9.56. The van der Waals surface area contributed by atoms with Crippen LogP contribution in [-0.4, -0.2) is 24.5 Å². The number of benzene rings is 1. The third kappa shape index (κ3) is 2.84. The van der Waals surface area contributed by atoms with Gasteiger partial charge in [0.2, 0.25) is 0 Å². The van der Waals surface area contributed by atoms with Gasteiger partial charge in [0.25, 0.3) is 0 Å². The number of nitrogens with two attached hydrogens (primary N) is 1. The molecule has 1 aromatic rings. The molecule has 0 unspecified atom stereocenters. The van der Waals surface area contributed by atoms with Gasteiger partial charge in [0.05, 0.1) is 18.1 Å². The molecule has 1 rings (SSSR count). The van der Waals surface area contributed by atoms with Crippen LogP contribution in [0, 0.1) is 15.5 Å². The molecule has 0 aliphatic heterocycles. The Bertz CT molecular complexity index is 419. The first-order valence-electron chi connectivity index (χ1n) is 4.32. The summed E-state index contributed by atoms with van der Waals surface area (Å²) in [5.74, 6) is 0.265. The van der Waals surface area contributed by atoms with E-state index in [0.717, 1.165) is 0 Å². The molecule has 16 heavy (non-hydrogen) atoms. The third-order valence-electron chi connectivity index (χ3n) is 1.74. The number of methoxy groups -OCH3 is 1. The fourth-order valence-corrected chi connectivity index (χ4v) is 1.06. The van der Waals surface area contributed by atoms with Crippen molar-refractivity contribution in [3.63, 3.8) is 0 Å². The van der Waals surface area contributed by atoms with Crippen molar-refractivity contribution < 1.29 is 14.4 Å². The molecule has 0 amide bonds. The van der Waals surface area contributed by atoms with E-state index in [2.05, 4.69) is 0 Å². The van der Waals surface area contributed by atoms with Crippen molar-refractivity contribution in [1.29, 1.82) is 5.41 Å². The smallest absolute Gasteiger partial charge is 0.314 e. The molecule has 0 fully saturated rings. The summed E-state index contributed by atoms with van der Waals surface area (Å²) < 4.78 is 9.87. The van der Waals surface area contributed by atoms with Gasteiger partial charge in [0.1, 0.15) is 18.2 Å². The van der Waals surface area contributed by atoms with Gasteiger partial charge in [-0.3, -0.25) is 15.5 Å². The largest absolute Gasteiger partial charge is 0.490 e. The van der Waals surface area contributed by atoms with E-state index in [1.54, 1.807) is 0 Å². The SMILES string of the molecule is COc1ccc(OCC(=N)N)cc1[N+](=O)[O-]. The van der Waals surface area contributed by atoms with Crippen LogP contribution < -0.4 is 15.2 Å². The Kier molecular flexibility index (Phi) is 3.65. The minimum absolute atomic E-state index is 0.108. The molecule has 86 valence electrons. The number of ether oxygens (including phenoxy) is 2. The van der Waals surface area contributed by atoms with Crippen LogP contribution >= 0.6 is 0 Å².